The first-order chi connectivity index (χ1) is 26.3. The first-order valence-corrected chi connectivity index (χ1v) is 23.0. The Hall–Kier alpha value is -0.120. The molecule has 14 atom stereocenters. The van der Waals surface area contributed by atoms with Crippen molar-refractivity contribution in [2.75, 3.05) is 50.4 Å². The molecule has 4 aliphatic carbocycles. The summed E-state index contributed by atoms with van der Waals surface area (Å²) in [5, 5.41) is 73.9. The highest BCUT2D eigenvalue weighted by atomic mass is 35.5. The minimum absolute atomic E-state index is 0. The quantitative estimate of drug-likeness (QED) is 0.0757. The molecule has 4 bridgehead atoms. The van der Waals surface area contributed by atoms with Gasteiger partial charge in [-0.2, -0.15) is 8.42 Å². The van der Waals surface area contributed by atoms with Gasteiger partial charge in [-0.15, -0.1) is 47.2 Å². The Morgan fingerprint density at radius 2 is 1.45 bits per heavy atom. The summed E-state index contributed by atoms with van der Waals surface area (Å²) in [5.74, 6) is -2.11. The van der Waals surface area contributed by atoms with Gasteiger partial charge in [-0.25, -0.2) is 4.79 Å². The average Bonchev–Trinajstić information content (AvgIpc) is 3.28. The van der Waals surface area contributed by atoms with E-state index in [1.807, 2.05) is 6.92 Å². The van der Waals surface area contributed by atoms with E-state index in [0.717, 1.165) is 26.1 Å². The van der Waals surface area contributed by atoms with Crippen molar-refractivity contribution >= 4 is 63.6 Å². The molecule has 338 valence electrons. The second-order valence-corrected chi connectivity index (χ2v) is 20.1. The van der Waals surface area contributed by atoms with Crippen LogP contribution in [0.2, 0.25) is 0 Å². The molecule has 0 radical (unpaired) electrons. The standard InChI is InChI=1S/C32H49NO9.C6H12Cl3N.ClH.H2O4S/c1-6-18(3)25(35)41-24-11-12-26(4)19-8-9-20-28(37)13-23(34)31(39)21(29(28,38)16-30(20,26)42-32(19,24)40)15-33-14-17(2)7-10-22(33)27(31,5)36;7-1-4-10(5-2-8)6-3-9;;1-5(2,3)4/h6,17,19-24,34,36-40H,7-16H2,1-5H3;1-6H2;1H;(H2,1,2,3,4). The van der Waals surface area contributed by atoms with Gasteiger partial charge in [0, 0.05) is 98.0 Å². The lowest BCUT2D eigenvalue weighted by Crippen LogP contribution is -2.85. The van der Waals surface area contributed by atoms with E-state index in [-0.39, 0.29) is 37.8 Å². The smallest absolute Gasteiger partial charge is 0.394 e. The van der Waals surface area contributed by atoms with Gasteiger partial charge in [0.05, 0.1) is 11.7 Å². The fraction of sp³-hybridized carbons (Fsp3) is 0.921. The van der Waals surface area contributed by atoms with Crippen LogP contribution in [0.3, 0.4) is 0 Å². The van der Waals surface area contributed by atoms with E-state index in [9.17, 15) is 35.4 Å². The molecule has 8 N–H and O–H groups in total. The van der Waals surface area contributed by atoms with E-state index < -0.39 is 85.5 Å². The third-order valence-electron chi connectivity index (χ3n) is 15.3. The molecule has 0 aromatic carbocycles. The first kappa shape index (κ1) is 50.5. The number of halogens is 4. The number of hydrogen-bond acceptors (Lipinski definition) is 13. The summed E-state index contributed by atoms with van der Waals surface area (Å²) in [5.41, 5.74) is -8.96. The van der Waals surface area contributed by atoms with Crippen molar-refractivity contribution in [1.82, 2.24) is 9.80 Å². The summed E-state index contributed by atoms with van der Waals surface area (Å²) in [6, 6.07) is -0.387. The predicted octanol–water partition coefficient (Wildman–Crippen LogP) is 2.77. The summed E-state index contributed by atoms with van der Waals surface area (Å²) < 4.78 is 44.2. The third kappa shape index (κ3) is 8.02. The van der Waals surface area contributed by atoms with Crippen molar-refractivity contribution < 1.29 is 62.4 Å². The highest BCUT2D eigenvalue weighted by molar-refractivity contribution is 7.79. The Kier molecular flexibility index (Phi) is 15.5. The van der Waals surface area contributed by atoms with Gasteiger partial charge in [0.25, 0.3) is 0 Å². The van der Waals surface area contributed by atoms with Crippen LogP contribution in [-0.2, 0) is 24.7 Å². The molecule has 14 unspecified atom stereocenters. The van der Waals surface area contributed by atoms with Crippen LogP contribution in [-0.4, -0.2) is 166 Å². The number of hydrogen-bond donors (Lipinski definition) is 8. The number of piperidine rings is 2. The van der Waals surface area contributed by atoms with Crippen LogP contribution in [0, 0.1) is 29.1 Å². The zero-order valence-electron chi connectivity index (χ0n) is 33.9. The molecule has 15 nitrogen and oxygen atoms in total. The second-order valence-electron chi connectivity index (χ2n) is 18.0. The first-order valence-electron chi connectivity index (χ1n) is 20.0. The molecular weight excluding hydrogens is 866 g/mol. The van der Waals surface area contributed by atoms with E-state index in [2.05, 4.69) is 16.7 Å². The molecule has 7 fully saturated rings. The molecule has 7 rings (SSSR count). The predicted molar refractivity (Wildman–Crippen MR) is 220 cm³/mol. The Bertz CT molecular complexity index is 1610. The van der Waals surface area contributed by atoms with Crippen molar-refractivity contribution in [3.8, 4) is 0 Å². The van der Waals surface area contributed by atoms with E-state index >= 15 is 0 Å². The van der Waals surface area contributed by atoms with Gasteiger partial charge >= 0.3 is 16.4 Å². The Morgan fingerprint density at radius 3 is 1.98 bits per heavy atom. The molecule has 7 aliphatic rings. The number of esters is 1. The zero-order valence-corrected chi connectivity index (χ0v) is 37.8. The van der Waals surface area contributed by atoms with E-state index in [4.69, 9.17) is 61.8 Å². The molecular formula is C38H64Cl4N2O13S. The Labute approximate surface area is 363 Å². The number of allylic oxidation sites excluding steroid dienone is 1. The normalized spacial score (nSPS) is 46.5. The van der Waals surface area contributed by atoms with E-state index in [1.54, 1.807) is 26.8 Å². The topological polar surface area (TPSA) is 238 Å². The molecule has 3 saturated heterocycles. The summed E-state index contributed by atoms with van der Waals surface area (Å²) in [4.78, 5) is 17.0. The number of ether oxygens (including phenoxy) is 2. The monoisotopic (exact) mass is 928 g/mol. The number of fused-ring (bicyclic) bond motifs is 5. The second kappa shape index (κ2) is 17.8. The van der Waals surface area contributed by atoms with Crippen LogP contribution in [0.1, 0.15) is 86.0 Å². The van der Waals surface area contributed by atoms with Gasteiger partial charge in [0.15, 0.2) is 6.10 Å². The summed E-state index contributed by atoms with van der Waals surface area (Å²) in [6.07, 6.45) is 2.30. The van der Waals surface area contributed by atoms with Gasteiger partial charge in [0.1, 0.15) is 22.4 Å². The number of carbonyl (C=O) groups excluding carboxylic acids is 1. The van der Waals surface area contributed by atoms with Crippen molar-refractivity contribution in [2.24, 2.45) is 29.1 Å². The van der Waals surface area contributed by atoms with Gasteiger partial charge < -0.3 is 40.1 Å². The van der Waals surface area contributed by atoms with Crippen molar-refractivity contribution in [2.45, 2.75) is 138 Å². The molecule has 58 heavy (non-hydrogen) atoms. The number of aliphatic hydroxyl groups is 6. The van der Waals surface area contributed by atoms with Crippen LogP contribution in [0.15, 0.2) is 11.6 Å². The van der Waals surface area contributed by atoms with Gasteiger partial charge in [-0.05, 0) is 65.2 Å². The Morgan fingerprint density at radius 1 is 0.897 bits per heavy atom. The molecule has 3 aliphatic heterocycles. The lowest BCUT2D eigenvalue weighted by Gasteiger charge is -2.68. The fourth-order valence-electron chi connectivity index (χ4n) is 12.5. The molecule has 4 saturated carbocycles. The molecule has 1 spiro atoms. The maximum atomic E-state index is 12.9. The molecule has 3 heterocycles. The summed E-state index contributed by atoms with van der Waals surface area (Å²) >= 11 is 16.6. The minimum atomic E-state index is -4.67. The SMILES string of the molecule is CC=C(C)C(=O)OC1CCC2(C)C3CCC4C5(O)CC(O)C6(O)C(CN7CC(C)CCC7C6(C)O)C5(O)CC42OC13O.Cl.ClCCN(CCCl)CCCl.O=S(=O)(O)O. The fourth-order valence-corrected chi connectivity index (χ4v) is 13.2. The van der Waals surface area contributed by atoms with Gasteiger partial charge in [-0.1, -0.05) is 19.9 Å². The van der Waals surface area contributed by atoms with Crippen LogP contribution >= 0.6 is 47.2 Å². The lowest BCUT2D eigenvalue weighted by atomic mass is 9.49. The summed E-state index contributed by atoms with van der Waals surface area (Å²) in [7, 11) is -4.67. The van der Waals surface area contributed by atoms with Crippen LogP contribution in [0.25, 0.3) is 0 Å². The molecule has 0 aromatic heterocycles. The van der Waals surface area contributed by atoms with Gasteiger partial charge in [0.2, 0.25) is 5.79 Å². The van der Waals surface area contributed by atoms with Gasteiger partial charge in [-0.3, -0.25) is 18.9 Å². The van der Waals surface area contributed by atoms with Crippen LogP contribution in [0.5, 0.6) is 0 Å². The highest BCUT2D eigenvalue weighted by Gasteiger charge is 2.88. The number of nitrogens with zero attached hydrogens (tertiary/aromatic N) is 2. The molecule has 20 heteroatoms. The largest absolute Gasteiger partial charge is 0.453 e. The summed E-state index contributed by atoms with van der Waals surface area (Å²) in [6.45, 7) is 12.7. The molecule has 0 amide bonds. The highest BCUT2D eigenvalue weighted by Crippen LogP contribution is 2.78. The lowest BCUT2D eigenvalue weighted by molar-refractivity contribution is -0.354. The average molecular weight is 931 g/mol. The third-order valence-corrected chi connectivity index (χ3v) is 15.8. The number of alkyl halides is 3. The molecule has 0 aromatic rings. The van der Waals surface area contributed by atoms with Crippen molar-refractivity contribution in [1.29, 1.82) is 0 Å². The minimum Gasteiger partial charge on any atom is -0.453 e. The van der Waals surface area contributed by atoms with Crippen molar-refractivity contribution in [3.05, 3.63) is 11.6 Å². The number of rotatable bonds is 8. The number of carbonyl (C=O) groups is 1. The van der Waals surface area contributed by atoms with Crippen LogP contribution < -0.4 is 0 Å². The maximum Gasteiger partial charge on any atom is 0.394 e. The number of aliphatic hydroxyl groups excluding tert-OH is 1. The van der Waals surface area contributed by atoms with E-state index in [0.29, 0.717) is 67.8 Å². The van der Waals surface area contributed by atoms with E-state index in [1.165, 1.54) is 0 Å². The maximum absolute atomic E-state index is 12.9. The zero-order chi connectivity index (χ0) is 42.8. The van der Waals surface area contributed by atoms with Crippen molar-refractivity contribution in [3.63, 3.8) is 0 Å². The van der Waals surface area contributed by atoms with Crippen LogP contribution in [0.4, 0.5) is 0 Å². The Balaban J connectivity index is 0.000000398.